The zero-order chi connectivity index (χ0) is 45.4. The Morgan fingerprint density at radius 2 is 0.797 bits per heavy atom. The smallest absolute Gasteiger partial charge is 0.137 e. The first-order chi connectivity index (χ1) is 34.2. The van der Waals surface area contributed by atoms with Crippen molar-refractivity contribution in [3.05, 3.63) is 249 Å². The largest absolute Gasteiger partial charge is 0.456 e. The fourth-order valence-electron chi connectivity index (χ4n) is 10.6. The first-order valence-corrected chi connectivity index (χ1v) is 23.4. The molecule has 0 saturated carbocycles. The topological polar surface area (TPSA) is 37.7 Å². The molecule has 3 heterocycles. The van der Waals surface area contributed by atoms with Crippen LogP contribution in [0.15, 0.2) is 258 Å². The first kappa shape index (κ1) is 38.9. The third kappa shape index (κ3) is 6.32. The van der Waals surface area contributed by atoms with Gasteiger partial charge in [0, 0.05) is 50.0 Å². The third-order valence-electron chi connectivity index (χ3n) is 13.7. The molecule has 0 bridgehead atoms. The van der Waals surface area contributed by atoms with Gasteiger partial charge in [0.1, 0.15) is 22.3 Å². The second kappa shape index (κ2) is 15.7. The van der Waals surface area contributed by atoms with Crippen LogP contribution in [0.25, 0.3) is 93.3 Å². The van der Waals surface area contributed by atoms with Gasteiger partial charge in [-0.05, 0) is 131 Å². The summed E-state index contributed by atoms with van der Waals surface area (Å²) in [5.41, 5.74) is 15.5. The van der Waals surface area contributed by atoms with Crippen molar-refractivity contribution in [3.8, 4) is 16.8 Å². The van der Waals surface area contributed by atoms with Gasteiger partial charge in [0.25, 0.3) is 0 Å². The molecule has 324 valence electrons. The number of para-hydroxylation sites is 4. The maximum Gasteiger partial charge on any atom is 0.137 e. The first-order valence-electron chi connectivity index (χ1n) is 23.4. The summed E-state index contributed by atoms with van der Waals surface area (Å²) in [5.74, 6) is 0. The van der Waals surface area contributed by atoms with Gasteiger partial charge in [-0.1, -0.05) is 140 Å². The van der Waals surface area contributed by atoms with Crippen LogP contribution in [-0.2, 0) is 0 Å². The van der Waals surface area contributed by atoms with Crippen LogP contribution in [0.5, 0.6) is 0 Å². The number of fused-ring (bicyclic) bond motifs is 10. The molecule has 0 fully saturated rings. The van der Waals surface area contributed by atoms with Crippen LogP contribution in [-0.4, -0.2) is 4.57 Å². The van der Waals surface area contributed by atoms with Crippen molar-refractivity contribution in [1.82, 2.24) is 4.57 Å². The van der Waals surface area contributed by atoms with Crippen molar-refractivity contribution in [1.29, 1.82) is 0 Å². The van der Waals surface area contributed by atoms with E-state index < -0.39 is 0 Å². The quantitative estimate of drug-likeness (QED) is 0.152. The van der Waals surface area contributed by atoms with E-state index in [1.165, 1.54) is 16.3 Å². The highest BCUT2D eigenvalue weighted by atomic mass is 16.3. The van der Waals surface area contributed by atoms with E-state index in [1.54, 1.807) is 0 Å². The molecular weight excluding hydrogens is 843 g/mol. The molecule has 5 heteroatoms. The lowest BCUT2D eigenvalue weighted by Gasteiger charge is -2.26. The Bertz CT molecular complexity index is 4260. The van der Waals surface area contributed by atoms with E-state index in [-0.39, 0.29) is 0 Å². The van der Waals surface area contributed by atoms with Gasteiger partial charge in [-0.15, -0.1) is 0 Å². The highest BCUT2D eigenvalue weighted by Crippen LogP contribution is 2.47. The van der Waals surface area contributed by atoms with Crippen LogP contribution in [0, 0.1) is 0 Å². The summed E-state index contributed by atoms with van der Waals surface area (Å²) in [7, 11) is 0. The molecule has 0 amide bonds. The molecule has 5 nitrogen and oxygen atoms in total. The number of hydrogen-bond donors (Lipinski definition) is 0. The number of benzene rings is 11. The minimum atomic E-state index is 0.856. The molecule has 0 saturated heterocycles. The average molecular weight is 884 g/mol. The molecule has 0 unspecified atom stereocenters. The summed E-state index contributed by atoms with van der Waals surface area (Å²) in [5, 5.41) is 9.01. The standard InChI is InChI=1S/C64H41N3O2/c1-4-17-42(18-5-1)43-19-14-24-48(37-43)67-57-40-45-38-49(65(46-20-6-2-7-21-46)55-27-15-31-61-63(55)52-25-10-12-29-59(52)68-61)34-33-44(45)39-54(57)51-36-35-50(41-58(51)67)66(47-22-8-3-9-23-47)56-28-16-32-62-64(56)53-26-11-13-30-60(53)69-62/h1-41H. The number of aromatic nitrogens is 1. The van der Waals surface area contributed by atoms with Gasteiger partial charge in [-0.3, -0.25) is 0 Å². The zero-order valence-corrected chi connectivity index (χ0v) is 37.3. The van der Waals surface area contributed by atoms with Crippen LogP contribution in [0.3, 0.4) is 0 Å². The Labute approximate surface area is 397 Å². The number of nitrogens with zero attached hydrogens (tertiary/aromatic N) is 3. The van der Waals surface area contributed by atoms with E-state index in [0.29, 0.717) is 0 Å². The SMILES string of the molecule is c1ccc(-c2cccc(-n3c4cc(N(c5ccccc5)c5cccc6oc7ccccc7c56)ccc4c4cc5ccc(N(c6ccccc6)c6cccc7oc8ccccc8c67)cc5cc43)c2)cc1. The summed E-state index contributed by atoms with van der Waals surface area (Å²) >= 11 is 0. The minimum Gasteiger partial charge on any atom is -0.456 e. The predicted molar refractivity (Wildman–Crippen MR) is 288 cm³/mol. The maximum atomic E-state index is 6.45. The number of furan rings is 2. The monoisotopic (exact) mass is 883 g/mol. The maximum absolute atomic E-state index is 6.45. The molecule has 11 aromatic carbocycles. The van der Waals surface area contributed by atoms with Crippen molar-refractivity contribution >= 4 is 111 Å². The Hall–Kier alpha value is -9.32. The fourth-order valence-corrected chi connectivity index (χ4v) is 10.6. The Balaban J connectivity index is 1.02. The van der Waals surface area contributed by atoms with Crippen LogP contribution >= 0.6 is 0 Å². The molecule has 0 radical (unpaired) electrons. The van der Waals surface area contributed by atoms with Gasteiger partial charge in [-0.25, -0.2) is 0 Å². The zero-order valence-electron chi connectivity index (χ0n) is 37.3. The van der Waals surface area contributed by atoms with Crippen molar-refractivity contribution < 1.29 is 8.83 Å². The summed E-state index contributed by atoms with van der Waals surface area (Å²) < 4.78 is 15.3. The minimum absolute atomic E-state index is 0.856. The molecule has 0 aliphatic heterocycles. The molecule has 0 aliphatic rings. The normalized spacial score (nSPS) is 11.8. The van der Waals surface area contributed by atoms with E-state index in [4.69, 9.17) is 8.83 Å². The summed E-state index contributed by atoms with van der Waals surface area (Å²) in [6.07, 6.45) is 0. The van der Waals surface area contributed by atoms with E-state index >= 15 is 0 Å². The van der Waals surface area contributed by atoms with E-state index in [2.05, 4.69) is 239 Å². The highest BCUT2D eigenvalue weighted by Gasteiger charge is 2.23. The van der Waals surface area contributed by atoms with Gasteiger partial charge < -0.3 is 23.2 Å². The second-order valence-corrected chi connectivity index (χ2v) is 17.7. The summed E-state index contributed by atoms with van der Waals surface area (Å²) in [4.78, 5) is 4.73. The fraction of sp³-hybridized carbons (Fsp3) is 0. The number of hydrogen-bond acceptors (Lipinski definition) is 4. The van der Waals surface area contributed by atoms with Crippen molar-refractivity contribution in [2.45, 2.75) is 0 Å². The molecule has 0 spiro atoms. The van der Waals surface area contributed by atoms with Gasteiger partial charge >= 0.3 is 0 Å². The molecular formula is C64H41N3O2. The van der Waals surface area contributed by atoms with Gasteiger partial charge in [-0.2, -0.15) is 0 Å². The van der Waals surface area contributed by atoms with Crippen molar-refractivity contribution in [2.75, 3.05) is 9.80 Å². The average Bonchev–Trinajstić information content (AvgIpc) is 4.09. The van der Waals surface area contributed by atoms with E-state index in [9.17, 15) is 0 Å². The van der Waals surface area contributed by atoms with Crippen LogP contribution in [0.2, 0.25) is 0 Å². The Kier molecular flexibility index (Phi) is 8.83. The summed E-state index contributed by atoms with van der Waals surface area (Å²) in [6, 6.07) is 88.8. The molecule has 14 rings (SSSR count). The van der Waals surface area contributed by atoms with Gasteiger partial charge in [0.05, 0.1) is 33.2 Å². The van der Waals surface area contributed by atoms with Crippen molar-refractivity contribution in [3.63, 3.8) is 0 Å². The lowest BCUT2D eigenvalue weighted by Crippen LogP contribution is -2.10. The molecule has 3 aromatic heterocycles. The Morgan fingerprint density at radius 3 is 1.43 bits per heavy atom. The molecule has 0 atom stereocenters. The number of anilines is 6. The summed E-state index contributed by atoms with van der Waals surface area (Å²) in [6.45, 7) is 0. The van der Waals surface area contributed by atoms with Crippen LogP contribution in [0.4, 0.5) is 34.1 Å². The molecule has 14 aromatic rings. The predicted octanol–water partition coefficient (Wildman–Crippen LogP) is 18.3. The van der Waals surface area contributed by atoms with Crippen LogP contribution in [0.1, 0.15) is 0 Å². The third-order valence-corrected chi connectivity index (χ3v) is 13.7. The van der Waals surface area contributed by atoms with Gasteiger partial charge in [0.2, 0.25) is 0 Å². The van der Waals surface area contributed by atoms with E-state index in [0.717, 1.165) is 111 Å². The highest BCUT2D eigenvalue weighted by molar-refractivity contribution is 6.17. The van der Waals surface area contributed by atoms with E-state index in [1.807, 2.05) is 24.3 Å². The molecule has 0 N–H and O–H groups in total. The molecule has 0 aliphatic carbocycles. The lowest BCUT2D eigenvalue weighted by molar-refractivity contribution is 0.668. The Morgan fingerprint density at radius 1 is 0.290 bits per heavy atom. The van der Waals surface area contributed by atoms with Crippen LogP contribution < -0.4 is 9.80 Å². The molecule has 69 heavy (non-hydrogen) atoms. The number of rotatable bonds is 8. The second-order valence-electron chi connectivity index (χ2n) is 17.7. The van der Waals surface area contributed by atoms with Crippen molar-refractivity contribution in [2.24, 2.45) is 0 Å². The van der Waals surface area contributed by atoms with Gasteiger partial charge in [0.15, 0.2) is 0 Å². The lowest BCUT2D eigenvalue weighted by atomic mass is 10.0.